The second kappa shape index (κ2) is 5.61. The minimum absolute atomic E-state index is 0.520. The lowest BCUT2D eigenvalue weighted by molar-refractivity contribution is 0.00320. The van der Waals surface area contributed by atoms with Gasteiger partial charge in [0.25, 0.3) is 0 Å². The van der Waals surface area contributed by atoms with Crippen molar-refractivity contribution in [2.24, 2.45) is 11.8 Å². The molecule has 0 bridgehead atoms. The van der Waals surface area contributed by atoms with Crippen LogP contribution in [0.15, 0.2) is 0 Å². The molecule has 2 heteroatoms. The predicted octanol–water partition coefficient (Wildman–Crippen LogP) is 2.05. The third-order valence-corrected chi connectivity index (χ3v) is 2.84. The fourth-order valence-corrected chi connectivity index (χ4v) is 2.34. The molecule has 0 spiro atoms. The Kier molecular flexibility index (Phi) is 4.74. The Morgan fingerprint density at radius 1 is 1.15 bits per heavy atom. The first-order valence-electron chi connectivity index (χ1n) is 5.48. The maximum atomic E-state index is 5.80. The molecule has 0 aromatic rings. The van der Waals surface area contributed by atoms with Crippen LogP contribution in [0.3, 0.4) is 0 Å². The standard InChI is InChI=1S/C11H23NO/c1-9-6-10(2)8-11(7-9)13-5-4-12-3/h9-12H,4-8H2,1-3H3. The van der Waals surface area contributed by atoms with Crippen LogP contribution in [0, 0.1) is 11.8 Å². The first-order valence-corrected chi connectivity index (χ1v) is 5.48. The summed E-state index contributed by atoms with van der Waals surface area (Å²) in [7, 11) is 1.97. The van der Waals surface area contributed by atoms with Gasteiger partial charge in [0.15, 0.2) is 0 Å². The number of hydrogen-bond acceptors (Lipinski definition) is 2. The van der Waals surface area contributed by atoms with Gasteiger partial charge in [0, 0.05) is 6.54 Å². The quantitative estimate of drug-likeness (QED) is 0.677. The minimum Gasteiger partial charge on any atom is -0.377 e. The summed E-state index contributed by atoms with van der Waals surface area (Å²) in [5, 5.41) is 3.10. The molecule has 1 aliphatic rings. The predicted molar refractivity (Wildman–Crippen MR) is 55.8 cm³/mol. The molecule has 1 fully saturated rings. The average molecular weight is 185 g/mol. The Hall–Kier alpha value is -0.0800. The average Bonchev–Trinajstić information content (AvgIpc) is 2.03. The summed E-state index contributed by atoms with van der Waals surface area (Å²) in [6, 6.07) is 0. The zero-order chi connectivity index (χ0) is 9.68. The zero-order valence-electron chi connectivity index (χ0n) is 9.18. The van der Waals surface area contributed by atoms with E-state index in [1.54, 1.807) is 0 Å². The van der Waals surface area contributed by atoms with Gasteiger partial charge in [-0.05, 0) is 38.1 Å². The third kappa shape index (κ3) is 4.10. The second-order valence-electron chi connectivity index (χ2n) is 4.51. The van der Waals surface area contributed by atoms with E-state index in [0.717, 1.165) is 25.0 Å². The Morgan fingerprint density at radius 3 is 2.31 bits per heavy atom. The third-order valence-electron chi connectivity index (χ3n) is 2.84. The van der Waals surface area contributed by atoms with Crippen molar-refractivity contribution in [3.05, 3.63) is 0 Å². The van der Waals surface area contributed by atoms with E-state index in [-0.39, 0.29) is 0 Å². The van der Waals surface area contributed by atoms with Gasteiger partial charge >= 0.3 is 0 Å². The van der Waals surface area contributed by atoms with E-state index in [0.29, 0.717) is 6.10 Å². The highest BCUT2D eigenvalue weighted by Gasteiger charge is 2.23. The molecule has 1 saturated carbocycles. The number of ether oxygens (including phenoxy) is 1. The van der Waals surface area contributed by atoms with Gasteiger partial charge in [0.05, 0.1) is 12.7 Å². The molecule has 2 atom stereocenters. The summed E-state index contributed by atoms with van der Waals surface area (Å²) in [5.74, 6) is 1.70. The highest BCUT2D eigenvalue weighted by atomic mass is 16.5. The Morgan fingerprint density at radius 2 is 1.77 bits per heavy atom. The number of likely N-dealkylation sites (N-methyl/N-ethyl adjacent to an activating group) is 1. The Balaban J connectivity index is 2.17. The second-order valence-corrected chi connectivity index (χ2v) is 4.51. The van der Waals surface area contributed by atoms with Gasteiger partial charge in [-0.15, -0.1) is 0 Å². The monoisotopic (exact) mass is 185 g/mol. The molecule has 13 heavy (non-hydrogen) atoms. The van der Waals surface area contributed by atoms with Gasteiger partial charge < -0.3 is 10.1 Å². The van der Waals surface area contributed by atoms with Gasteiger partial charge in [0.1, 0.15) is 0 Å². The maximum absolute atomic E-state index is 5.80. The number of rotatable bonds is 4. The van der Waals surface area contributed by atoms with Crippen molar-refractivity contribution in [3.8, 4) is 0 Å². The smallest absolute Gasteiger partial charge is 0.0594 e. The van der Waals surface area contributed by atoms with E-state index in [9.17, 15) is 0 Å². The van der Waals surface area contributed by atoms with Crippen LogP contribution in [0.25, 0.3) is 0 Å². The molecule has 2 unspecified atom stereocenters. The molecule has 1 N–H and O–H groups in total. The topological polar surface area (TPSA) is 21.3 Å². The lowest BCUT2D eigenvalue weighted by atomic mass is 9.82. The summed E-state index contributed by atoms with van der Waals surface area (Å²) in [6.45, 7) is 6.51. The SMILES string of the molecule is CNCCOC1CC(C)CC(C)C1. The fourth-order valence-electron chi connectivity index (χ4n) is 2.34. The van der Waals surface area contributed by atoms with Gasteiger partial charge in [-0.1, -0.05) is 13.8 Å². The van der Waals surface area contributed by atoms with E-state index in [2.05, 4.69) is 19.2 Å². The number of nitrogens with one attached hydrogen (secondary N) is 1. The molecule has 0 saturated heterocycles. The van der Waals surface area contributed by atoms with Crippen LogP contribution in [0.5, 0.6) is 0 Å². The fraction of sp³-hybridized carbons (Fsp3) is 1.00. The first kappa shape index (κ1) is 11.0. The zero-order valence-corrected chi connectivity index (χ0v) is 9.18. The van der Waals surface area contributed by atoms with Crippen LogP contribution in [0.1, 0.15) is 33.1 Å². The van der Waals surface area contributed by atoms with E-state index in [1.165, 1.54) is 19.3 Å². The Bertz CT molecular complexity index is 128. The molecule has 78 valence electrons. The molecule has 0 aromatic heterocycles. The molecule has 0 aromatic carbocycles. The normalized spacial score (nSPS) is 34.8. The lowest BCUT2D eigenvalue weighted by Gasteiger charge is -2.31. The summed E-state index contributed by atoms with van der Waals surface area (Å²) < 4.78 is 5.80. The van der Waals surface area contributed by atoms with Crippen molar-refractivity contribution in [1.29, 1.82) is 0 Å². The van der Waals surface area contributed by atoms with Crippen molar-refractivity contribution in [3.63, 3.8) is 0 Å². The summed E-state index contributed by atoms with van der Waals surface area (Å²) in [6.07, 6.45) is 4.42. The van der Waals surface area contributed by atoms with Gasteiger partial charge in [-0.25, -0.2) is 0 Å². The maximum Gasteiger partial charge on any atom is 0.0594 e. The van der Waals surface area contributed by atoms with Crippen molar-refractivity contribution >= 4 is 0 Å². The van der Waals surface area contributed by atoms with Crippen molar-refractivity contribution in [2.75, 3.05) is 20.2 Å². The molecule has 0 radical (unpaired) electrons. The molecule has 0 amide bonds. The molecule has 1 rings (SSSR count). The van der Waals surface area contributed by atoms with Gasteiger partial charge in [-0.2, -0.15) is 0 Å². The van der Waals surface area contributed by atoms with E-state index in [4.69, 9.17) is 4.74 Å². The summed E-state index contributed by atoms with van der Waals surface area (Å²) in [4.78, 5) is 0. The van der Waals surface area contributed by atoms with Crippen LogP contribution in [0.2, 0.25) is 0 Å². The van der Waals surface area contributed by atoms with Gasteiger partial charge in [0.2, 0.25) is 0 Å². The molecule has 1 aliphatic carbocycles. The van der Waals surface area contributed by atoms with Gasteiger partial charge in [-0.3, -0.25) is 0 Å². The van der Waals surface area contributed by atoms with Crippen LogP contribution in [-0.4, -0.2) is 26.3 Å². The number of hydrogen-bond donors (Lipinski definition) is 1. The van der Waals surface area contributed by atoms with Crippen LogP contribution >= 0.6 is 0 Å². The molecule has 0 aliphatic heterocycles. The van der Waals surface area contributed by atoms with Crippen LogP contribution in [-0.2, 0) is 4.74 Å². The molecule has 0 heterocycles. The van der Waals surface area contributed by atoms with Crippen molar-refractivity contribution in [1.82, 2.24) is 5.32 Å². The van der Waals surface area contributed by atoms with Crippen LogP contribution < -0.4 is 5.32 Å². The highest BCUT2D eigenvalue weighted by molar-refractivity contribution is 4.75. The van der Waals surface area contributed by atoms with E-state index in [1.807, 2.05) is 7.05 Å². The molecular weight excluding hydrogens is 162 g/mol. The Labute approximate surface area is 82.0 Å². The minimum atomic E-state index is 0.520. The summed E-state index contributed by atoms with van der Waals surface area (Å²) in [5.41, 5.74) is 0. The lowest BCUT2D eigenvalue weighted by Crippen LogP contribution is -2.28. The summed E-state index contributed by atoms with van der Waals surface area (Å²) >= 11 is 0. The van der Waals surface area contributed by atoms with E-state index >= 15 is 0 Å². The van der Waals surface area contributed by atoms with Crippen LogP contribution in [0.4, 0.5) is 0 Å². The first-order chi connectivity index (χ1) is 6.22. The van der Waals surface area contributed by atoms with E-state index < -0.39 is 0 Å². The highest BCUT2D eigenvalue weighted by Crippen LogP contribution is 2.30. The largest absolute Gasteiger partial charge is 0.377 e. The van der Waals surface area contributed by atoms with Crippen molar-refractivity contribution in [2.45, 2.75) is 39.2 Å². The molecule has 2 nitrogen and oxygen atoms in total. The molecular formula is C11H23NO. The van der Waals surface area contributed by atoms with Crippen molar-refractivity contribution < 1.29 is 4.74 Å².